The van der Waals surface area contributed by atoms with Gasteiger partial charge in [0.25, 0.3) is 5.91 Å². The lowest BCUT2D eigenvalue weighted by Crippen LogP contribution is -2.48. The number of nitrogens with zero attached hydrogens (tertiary/aromatic N) is 3. The van der Waals surface area contributed by atoms with Crippen molar-refractivity contribution in [3.05, 3.63) is 179 Å². The van der Waals surface area contributed by atoms with Crippen LogP contribution in [0, 0.1) is 0 Å². The summed E-state index contributed by atoms with van der Waals surface area (Å²) in [4.78, 5) is 46.4. The number of imidazole rings is 1. The van der Waals surface area contributed by atoms with E-state index in [9.17, 15) is 14.4 Å². The number of nitrogens with one attached hydrogen (secondary N) is 3. The molecule has 266 valence electrons. The van der Waals surface area contributed by atoms with Crippen LogP contribution >= 0.6 is 15.9 Å². The van der Waals surface area contributed by atoms with Gasteiger partial charge in [-0.25, -0.2) is 9.78 Å². The molecule has 0 spiro atoms. The van der Waals surface area contributed by atoms with Crippen LogP contribution in [0.1, 0.15) is 22.4 Å². The Labute approximate surface area is 316 Å². The molecule has 1 fully saturated rings. The average molecular weight is 770 g/mol. The van der Waals surface area contributed by atoms with Gasteiger partial charge in [0.15, 0.2) is 0 Å². The first kappa shape index (κ1) is 35.4. The number of carbonyl (C=O) groups is 3. The highest BCUT2D eigenvalue weighted by molar-refractivity contribution is 9.10. The molecule has 4 amide bonds. The van der Waals surface area contributed by atoms with E-state index in [0.717, 1.165) is 21.2 Å². The molecule has 1 saturated heterocycles. The molecule has 3 N–H and O–H groups in total. The van der Waals surface area contributed by atoms with Gasteiger partial charge in [-0.05, 0) is 65.2 Å². The molecule has 1 aromatic heterocycles. The molecule has 0 radical (unpaired) electrons. The first-order chi connectivity index (χ1) is 25.9. The van der Waals surface area contributed by atoms with Crippen LogP contribution in [0.4, 0.5) is 21.9 Å². The first-order valence-electron chi connectivity index (χ1n) is 17.2. The van der Waals surface area contributed by atoms with Gasteiger partial charge >= 0.3 is 6.03 Å². The van der Waals surface area contributed by atoms with Gasteiger partial charge in [0.2, 0.25) is 5.91 Å². The molecule has 10 nitrogen and oxygen atoms in total. The van der Waals surface area contributed by atoms with Gasteiger partial charge in [0, 0.05) is 46.4 Å². The number of morpholine rings is 1. The fourth-order valence-corrected chi connectivity index (χ4v) is 7.02. The Bertz CT molecular complexity index is 2060. The molecule has 0 unspecified atom stereocenters. The molecule has 0 bridgehead atoms. The summed E-state index contributed by atoms with van der Waals surface area (Å²) in [5, 5.41) is 8.75. The van der Waals surface area contributed by atoms with Crippen molar-refractivity contribution in [2.24, 2.45) is 0 Å². The highest BCUT2D eigenvalue weighted by Crippen LogP contribution is 2.41. The number of urea groups is 1. The van der Waals surface area contributed by atoms with E-state index >= 15 is 0 Å². The molecule has 7 rings (SSSR count). The summed E-state index contributed by atoms with van der Waals surface area (Å²) in [6, 6.07) is 43.2. The predicted octanol–water partition coefficient (Wildman–Crippen LogP) is 7.22. The van der Waals surface area contributed by atoms with Crippen LogP contribution in [0.5, 0.6) is 0 Å². The van der Waals surface area contributed by atoms with Crippen LogP contribution in [-0.4, -0.2) is 53.2 Å². The van der Waals surface area contributed by atoms with Gasteiger partial charge in [-0.2, -0.15) is 0 Å². The van der Waals surface area contributed by atoms with Crippen molar-refractivity contribution in [1.82, 2.24) is 14.9 Å². The monoisotopic (exact) mass is 768 g/mol. The summed E-state index contributed by atoms with van der Waals surface area (Å²) in [6.07, 6.45) is 3.63. The minimum atomic E-state index is -1.03. The van der Waals surface area contributed by atoms with E-state index in [-0.39, 0.29) is 18.9 Å². The minimum Gasteiger partial charge on any atom is -0.370 e. The Balaban J connectivity index is 1.25. The van der Waals surface area contributed by atoms with Crippen LogP contribution in [0.3, 0.4) is 0 Å². The number of hydrogen-bond donors (Lipinski definition) is 3. The third kappa shape index (κ3) is 7.76. The highest BCUT2D eigenvalue weighted by Gasteiger charge is 2.40. The summed E-state index contributed by atoms with van der Waals surface area (Å²) in [5.74, 6) is -0.549. The zero-order chi connectivity index (χ0) is 36.6. The van der Waals surface area contributed by atoms with Crippen molar-refractivity contribution in [3.8, 4) is 0 Å². The van der Waals surface area contributed by atoms with Crippen molar-refractivity contribution < 1.29 is 19.1 Å². The van der Waals surface area contributed by atoms with Crippen molar-refractivity contribution in [2.75, 3.05) is 35.3 Å². The molecule has 5 aromatic carbocycles. The van der Waals surface area contributed by atoms with E-state index in [0.29, 0.717) is 35.9 Å². The summed E-state index contributed by atoms with van der Waals surface area (Å²) in [5.41, 5.74) is 4.63. The molecule has 1 aliphatic rings. The van der Waals surface area contributed by atoms with Crippen molar-refractivity contribution in [2.45, 2.75) is 18.0 Å². The summed E-state index contributed by atoms with van der Waals surface area (Å²) >= 11 is 3.42. The predicted molar refractivity (Wildman–Crippen MR) is 209 cm³/mol. The third-order valence-electron chi connectivity index (χ3n) is 9.22. The fraction of sp³-hybridized carbons (Fsp3) is 0.143. The SMILES string of the molecule is O=C(Nc1ccc(Br)cc1)N[C@H](Cc1cncn1C(c1ccccc1)(c1ccccc1)c1ccccc1)C(=O)Nc1ccc(N2CCOCC2=O)cc1. The maximum absolute atomic E-state index is 14.2. The van der Waals surface area contributed by atoms with Crippen LogP contribution < -0.4 is 20.9 Å². The van der Waals surface area contributed by atoms with Crippen molar-refractivity contribution in [1.29, 1.82) is 0 Å². The van der Waals surface area contributed by atoms with E-state index in [1.54, 1.807) is 53.8 Å². The largest absolute Gasteiger partial charge is 0.370 e. The lowest BCUT2D eigenvalue weighted by Gasteiger charge is -2.39. The quantitative estimate of drug-likeness (QED) is 0.120. The number of anilines is 3. The van der Waals surface area contributed by atoms with E-state index in [4.69, 9.17) is 4.74 Å². The van der Waals surface area contributed by atoms with Gasteiger partial charge < -0.3 is 30.2 Å². The highest BCUT2D eigenvalue weighted by atomic mass is 79.9. The number of hydrogen-bond acceptors (Lipinski definition) is 5. The van der Waals surface area contributed by atoms with E-state index in [1.807, 2.05) is 66.7 Å². The Hall–Kier alpha value is -6.04. The molecular weight excluding hydrogens is 732 g/mol. The van der Waals surface area contributed by atoms with Gasteiger partial charge in [0.05, 0.1) is 12.9 Å². The lowest BCUT2D eigenvalue weighted by molar-refractivity contribution is -0.125. The van der Waals surface area contributed by atoms with Gasteiger partial charge in [-0.1, -0.05) is 107 Å². The summed E-state index contributed by atoms with van der Waals surface area (Å²) < 4.78 is 8.23. The second-order valence-electron chi connectivity index (χ2n) is 12.6. The average Bonchev–Trinajstić information content (AvgIpc) is 3.66. The minimum absolute atomic E-state index is 0.0326. The molecule has 0 saturated carbocycles. The summed E-state index contributed by atoms with van der Waals surface area (Å²) in [6.45, 7) is 0.940. The number of aromatic nitrogens is 2. The lowest BCUT2D eigenvalue weighted by atomic mass is 9.76. The van der Waals surface area contributed by atoms with Crippen LogP contribution in [-0.2, 0) is 26.3 Å². The smallest absolute Gasteiger partial charge is 0.319 e. The second-order valence-corrected chi connectivity index (χ2v) is 13.5. The standard InChI is InChI=1S/C42H37BrN6O4/c43-33-16-18-35(19-17-33)46-41(52)47-38(40(51)45-34-20-22-36(23-21-34)48-24-25-53-28-39(48)50)26-37-27-44-29-49(37)42(30-10-4-1-5-11-30,31-12-6-2-7-13-31)32-14-8-3-9-15-32/h1-23,27,29,38H,24-26,28H2,(H,45,51)(H2,46,47,52)/t38-/m1/s1. The second kappa shape index (κ2) is 16.1. The molecule has 1 aliphatic heterocycles. The molecular formula is C42H37BrN6O4. The number of benzene rings is 5. The summed E-state index contributed by atoms with van der Waals surface area (Å²) in [7, 11) is 0. The number of ether oxygens (including phenoxy) is 1. The zero-order valence-electron chi connectivity index (χ0n) is 28.7. The molecule has 6 aromatic rings. The molecule has 53 heavy (non-hydrogen) atoms. The van der Waals surface area contributed by atoms with Crippen molar-refractivity contribution >= 4 is 50.8 Å². The van der Waals surface area contributed by atoms with Crippen LogP contribution in [0.2, 0.25) is 0 Å². The normalized spacial score (nSPS) is 13.6. The Morgan fingerprint density at radius 3 is 1.87 bits per heavy atom. The Morgan fingerprint density at radius 2 is 1.30 bits per heavy atom. The Kier molecular flexibility index (Phi) is 10.7. The molecule has 0 aliphatic carbocycles. The van der Waals surface area contributed by atoms with Gasteiger partial charge in [-0.3, -0.25) is 9.59 Å². The van der Waals surface area contributed by atoms with E-state index in [1.165, 1.54) is 0 Å². The molecule has 2 heterocycles. The third-order valence-corrected chi connectivity index (χ3v) is 9.75. The number of amides is 4. The van der Waals surface area contributed by atoms with Crippen LogP contribution in [0.25, 0.3) is 0 Å². The molecule has 11 heteroatoms. The maximum atomic E-state index is 14.2. The topological polar surface area (TPSA) is 118 Å². The van der Waals surface area contributed by atoms with Gasteiger partial charge in [0.1, 0.15) is 18.2 Å². The first-order valence-corrected chi connectivity index (χ1v) is 18.0. The number of rotatable bonds is 11. The van der Waals surface area contributed by atoms with Crippen molar-refractivity contribution in [3.63, 3.8) is 0 Å². The van der Waals surface area contributed by atoms with Crippen LogP contribution in [0.15, 0.2) is 157 Å². The molecule has 1 atom stereocenters. The fourth-order valence-electron chi connectivity index (χ4n) is 6.75. The van der Waals surface area contributed by atoms with E-state index < -0.39 is 23.5 Å². The van der Waals surface area contributed by atoms with E-state index in [2.05, 4.69) is 77.8 Å². The zero-order valence-corrected chi connectivity index (χ0v) is 30.3. The maximum Gasteiger partial charge on any atom is 0.319 e. The number of halogens is 1. The number of carbonyl (C=O) groups excluding carboxylic acids is 3. The Morgan fingerprint density at radius 1 is 0.755 bits per heavy atom. The van der Waals surface area contributed by atoms with Gasteiger partial charge in [-0.15, -0.1) is 0 Å².